The first-order valence-electron chi connectivity index (χ1n) is 6.78. The van der Waals surface area contributed by atoms with Crippen LogP contribution in [0, 0.1) is 0 Å². The van der Waals surface area contributed by atoms with Crippen LogP contribution in [0.15, 0.2) is 12.1 Å². The largest absolute Gasteiger partial charge is 0.493 e. The maximum absolute atomic E-state index is 12.1. The number of H-pyrrole nitrogens is 1. The van der Waals surface area contributed by atoms with Crippen LogP contribution in [0.25, 0.3) is 10.9 Å². The number of aromatic nitrogens is 1. The van der Waals surface area contributed by atoms with E-state index in [1.54, 1.807) is 0 Å². The van der Waals surface area contributed by atoms with E-state index in [4.69, 9.17) is 10.5 Å². The maximum atomic E-state index is 12.1. The van der Waals surface area contributed by atoms with Crippen molar-refractivity contribution in [2.24, 2.45) is 5.73 Å². The predicted molar refractivity (Wildman–Crippen MR) is 82.1 cm³/mol. The van der Waals surface area contributed by atoms with Gasteiger partial charge in [0.1, 0.15) is 5.75 Å². The van der Waals surface area contributed by atoms with E-state index in [0.717, 1.165) is 47.4 Å². The molecule has 3 rings (SSSR count). The highest BCUT2D eigenvalue weighted by atomic mass is 35.5. The van der Waals surface area contributed by atoms with Crippen molar-refractivity contribution in [3.05, 3.63) is 29.0 Å². The smallest absolute Gasteiger partial charge is 0.179 e. The normalized spacial score (nSPS) is 12.9. The molecule has 0 saturated heterocycles. The van der Waals surface area contributed by atoms with Gasteiger partial charge in [-0.1, -0.05) is 6.92 Å². The van der Waals surface area contributed by atoms with Gasteiger partial charge in [-0.2, -0.15) is 0 Å². The lowest BCUT2D eigenvalue weighted by molar-refractivity contribution is 0.0983. The SMILES string of the molecule is CCC(=O)c1[nH]c2ccc3c(c2c1CCN)CCO3.Cl. The summed E-state index contributed by atoms with van der Waals surface area (Å²) in [5.41, 5.74) is 9.73. The topological polar surface area (TPSA) is 68.1 Å². The Hall–Kier alpha value is -1.52. The average Bonchev–Trinajstić information content (AvgIpc) is 3.02. The number of hydrogen-bond acceptors (Lipinski definition) is 3. The molecule has 1 aromatic carbocycles. The Bertz CT molecular complexity index is 649. The third kappa shape index (κ3) is 2.19. The number of ketones is 1. The second-order valence-corrected chi connectivity index (χ2v) is 4.86. The van der Waals surface area contributed by atoms with Crippen LogP contribution < -0.4 is 10.5 Å². The monoisotopic (exact) mass is 294 g/mol. The lowest BCUT2D eigenvalue weighted by Crippen LogP contribution is -2.08. The van der Waals surface area contributed by atoms with Crippen molar-refractivity contribution >= 4 is 29.1 Å². The second kappa shape index (κ2) is 5.85. The highest BCUT2D eigenvalue weighted by molar-refractivity contribution is 6.03. The van der Waals surface area contributed by atoms with Crippen LogP contribution >= 0.6 is 12.4 Å². The van der Waals surface area contributed by atoms with Crippen LogP contribution in [-0.4, -0.2) is 23.9 Å². The summed E-state index contributed by atoms with van der Waals surface area (Å²) < 4.78 is 5.61. The molecule has 0 unspecified atom stereocenters. The summed E-state index contributed by atoms with van der Waals surface area (Å²) in [6, 6.07) is 3.97. The summed E-state index contributed by atoms with van der Waals surface area (Å²) >= 11 is 0. The molecule has 0 bridgehead atoms. The number of rotatable bonds is 4. The number of benzene rings is 1. The van der Waals surface area contributed by atoms with E-state index in [9.17, 15) is 4.79 Å². The average molecular weight is 295 g/mol. The molecule has 0 amide bonds. The molecule has 3 N–H and O–H groups in total. The Balaban J connectivity index is 0.00000147. The Morgan fingerprint density at radius 2 is 2.25 bits per heavy atom. The molecule has 108 valence electrons. The fourth-order valence-electron chi connectivity index (χ4n) is 2.87. The van der Waals surface area contributed by atoms with Gasteiger partial charge in [-0.3, -0.25) is 4.79 Å². The van der Waals surface area contributed by atoms with Gasteiger partial charge in [-0.15, -0.1) is 12.4 Å². The zero-order valence-corrected chi connectivity index (χ0v) is 12.3. The Morgan fingerprint density at radius 3 is 2.95 bits per heavy atom. The molecular formula is C15H19ClN2O2. The third-order valence-corrected chi connectivity index (χ3v) is 3.74. The second-order valence-electron chi connectivity index (χ2n) is 4.86. The van der Waals surface area contributed by atoms with Crippen molar-refractivity contribution < 1.29 is 9.53 Å². The van der Waals surface area contributed by atoms with E-state index in [0.29, 0.717) is 13.0 Å². The summed E-state index contributed by atoms with van der Waals surface area (Å²) in [4.78, 5) is 15.3. The minimum atomic E-state index is 0. The maximum Gasteiger partial charge on any atom is 0.179 e. The molecule has 2 heterocycles. The first kappa shape index (κ1) is 14.9. The number of aromatic amines is 1. The third-order valence-electron chi connectivity index (χ3n) is 3.74. The summed E-state index contributed by atoms with van der Waals surface area (Å²) in [5.74, 6) is 1.09. The van der Waals surface area contributed by atoms with E-state index in [1.165, 1.54) is 5.56 Å². The molecule has 2 aromatic rings. The van der Waals surface area contributed by atoms with Crippen LogP contribution in [0.3, 0.4) is 0 Å². The summed E-state index contributed by atoms with van der Waals surface area (Å²) in [7, 11) is 0. The van der Waals surface area contributed by atoms with E-state index < -0.39 is 0 Å². The van der Waals surface area contributed by atoms with Crippen molar-refractivity contribution in [3.63, 3.8) is 0 Å². The molecule has 0 spiro atoms. The minimum absolute atomic E-state index is 0. The molecule has 0 aliphatic carbocycles. The number of carbonyl (C=O) groups excluding carboxylic acids is 1. The highest BCUT2D eigenvalue weighted by Gasteiger charge is 2.22. The van der Waals surface area contributed by atoms with Crippen LogP contribution in [0.1, 0.15) is 35.0 Å². The number of nitrogens with one attached hydrogen (secondary N) is 1. The zero-order valence-electron chi connectivity index (χ0n) is 11.5. The number of hydrogen-bond donors (Lipinski definition) is 2. The van der Waals surface area contributed by atoms with E-state index in [2.05, 4.69) is 4.98 Å². The molecule has 1 aliphatic heterocycles. The van der Waals surface area contributed by atoms with Gasteiger partial charge in [0.2, 0.25) is 0 Å². The molecule has 0 saturated carbocycles. The van der Waals surface area contributed by atoms with E-state index in [1.807, 2.05) is 19.1 Å². The van der Waals surface area contributed by atoms with Crippen molar-refractivity contribution in [1.82, 2.24) is 4.98 Å². The number of Topliss-reactive ketones (excluding diaryl/α,β-unsaturated/α-hetero) is 1. The van der Waals surface area contributed by atoms with Gasteiger partial charge >= 0.3 is 0 Å². The Kier molecular flexibility index (Phi) is 4.35. The van der Waals surface area contributed by atoms with Gasteiger partial charge in [0.25, 0.3) is 0 Å². The zero-order chi connectivity index (χ0) is 13.4. The Morgan fingerprint density at radius 1 is 1.45 bits per heavy atom. The van der Waals surface area contributed by atoms with Gasteiger partial charge in [-0.25, -0.2) is 0 Å². The van der Waals surface area contributed by atoms with E-state index >= 15 is 0 Å². The summed E-state index contributed by atoms with van der Waals surface area (Å²) in [6.07, 6.45) is 2.13. The molecular weight excluding hydrogens is 276 g/mol. The van der Waals surface area contributed by atoms with Crippen molar-refractivity contribution in [2.45, 2.75) is 26.2 Å². The summed E-state index contributed by atoms with van der Waals surface area (Å²) in [5, 5.41) is 1.15. The molecule has 20 heavy (non-hydrogen) atoms. The van der Waals surface area contributed by atoms with Crippen LogP contribution in [0.2, 0.25) is 0 Å². The lowest BCUT2D eigenvalue weighted by Gasteiger charge is -2.04. The molecule has 5 heteroatoms. The quantitative estimate of drug-likeness (QED) is 0.852. The first-order valence-corrected chi connectivity index (χ1v) is 6.78. The van der Waals surface area contributed by atoms with Crippen LogP contribution in [-0.2, 0) is 12.8 Å². The van der Waals surface area contributed by atoms with E-state index in [-0.39, 0.29) is 18.2 Å². The molecule has 4 nitrogen and oxygen atoms in total. The standard InChI is InChI=1S/C15H18N2O2.ClH/c1-2-12(18)15-10(5-7-16)14-9-6-8-19-13(9)4-3-11(14)17-15;/h3-4,17H,2,5-8,16H2,1H3;1H. The number of nitrogens with two attached hydrogens (primary N) is 1. The number of ether oxygens (including phenoxy) is 1. The van der Waals surface area contributed by atoms with Gasteiger partial charge < -0.3 is 15.5 Å². The molecule has 0 radical (unpaired) electrons. The van der Waals surface area contributed by atoms with Crippen molar-refractivity contribution in [3.8, 4) is 5.75 Å². The predicted octanol–water partition coefficient (Wildman–Crippen LogP) is 2.62. The van der Waals surface area contributed by atoms with Gasteiger partial charge in [0.15, 0.2) is 5.78 Å². The fourth-order valence-corrected chi connectivity index (χ4v) is 2.87. The first-order chi connectivity index (χ1) is 9.26. The number of fused-ring (bicyclic) bond motifs is 3. The van der Waals surface area contributed by atoms with Crippen molar-refractivity contribution in [2.75, 3.05) is 13.2 Å². The fraction of sp³-hybridized carbons (Fsp3) is 0.400. The number of carbonyl (C=O) groups is 1. The van der Waals surface area contributed by atoms with Gasteiger partial charge in [-0.05, 0) is 30.7 Å². The number of halogens is 1. The molecule has 0 fully saturated rings. The highest BCUT2D eigenvalue weighted by Crippen LogP contribution is 2.36. The van der Waals surface area contributed by atoms with Gasteiger partial charge in [0.05, 0.1) is 12.3 Å². The minimum Gasteiger partial charge on any atom is -0.493 e. The van der Waals surface area contributed by atoms with Crippen LogP contribution in [0.4, 0.5) is 0 Å². The lowest BCUT2D eigenvalue weighted by atomic mass is 9.99. The van der Waals surface area contributed by atoms with Gasteiger partial charge in [0, 0.05) is 29.3 Å². The Labute approximate surface area is 124 Å². The molecule has 0 atom stereocenters. The molecule has 1 aromatic heterocycles. The summed E-state index contributed by atoms with van der Waals surface area (Å²) in [6.45, 7) is 3.15. The van der Waals surface area contributed by atoms with Crippen LogP contribution in [0.5, 0.6) is 5.75 Å². The molecule has 1 aliphatic rings. The van der Waals surface area contributed by atoms with Crippen molar-refractivity contribution in [1.29, 1.82) is 0 Å².